The van der Waals surface area contributed by atoms with Crippen LogP contribution in [-0.2, 0) is 9.53 Å². The van der Waals surface area contributed by atoms with Gasteiger partial charge in [0, 0.05) is 5.33 Å². The van der Waals surface area contributed by atoms with E-state index in [9.17, 15) is 4.79 Å². The summed E-state index contributed by atoms with van der Waals surface area (Å²) in [6.45, 7) is 5.72. The highest BCUT2D eigenvalue weighted by atomic mass is 79.9. The summed E-state index contributed by atoms with van der Waals surface area (Å²) in [5, 5.41) is 1.15. The maximum Gasteiger partial charge on any atom is 0.309 e. The number of carbonyl (C=O) groups is 1. The van der Waals surface area contributed by atoms with Gasteiger partial charge in [-0.25, -0.2) is 0 Å². The summed E-state index contributed by atoms with van der Waals surface area (Å²) in [7, 11) is 0. The molecule has 0 radical (unpaired) electrons. The van der Waals surface area contributed by atoms with Crippen molar-refractivity contribution in [3.8, 4) is 0 Å². The maximum atomic E-state index is 11.7. The van der Waals surface area contributed by atoms with E-state index in [0.717, 1.165) is 31.3 Å². The molecule has 3 nitrogen and oxygen atoms in total. The number of ether oxygens (including phenoxy) is 1. The van der Waals surface area contributed by atoms with Crippen molar-refractivity contribution in [3.05, 3.63) is 0 Å². The van der Waals surface area contributed by atoms with Crippen LogP contribution < -0.4 is 0 Å². The molecule has 4 heteroatoms. The number of halogens is 1. The fourth-order valence-electron chi connectivity index (χ4n) is 2.97. The fraction of sp³-hybridized carbons (Fsp3) is 0.941. The molecule has 0 amide bonds. The number of hydrogen-bond donors (Lipinski definition) is 0. The van der Waals surface area contributed by atoms with E-state index in [1.165, 1.54) is 51.5 Å². The van der Waals surface area contributed by atoms with Crippen LogP contribution in [0.4, 0.5) is 0 Å². The van der Waals surface area contributed by atoms with Gasteiger partial charge < -0.3 is 9.64 Å². The van der Waals surface area contributed by atoms with Gasteiger partial charge in [0.1, 0.15) is 0 Å². The molecule has 0 spiro atoms. The molecular formula is C17H32BrNO2. The van der Waals surface area contributed by atoms with Crippen molar-refractivity contribution in [2.24, 2.45) is 5.92 Å². The van der Waals surface area contributed by atoms with Crippen molar-refractivity contribution in [1.82, 2.24) is 4.90 Å². The molecule has 0 atom stereocenters. The molecule has 0 aromatic heterocycles. The Bertz CT molecular complexity index is 266. The number of esters is 1. The zero-order valence-corrected chi connectivity index (χ0v) is 15.2. The van der Waals surface area contributed by atoms with Gasteiger partial charge in [0.05, 0.1) is 12.5 Å². The summed E-state index contributed by atoms with van der Waals surface area (Å²) in [5.74, 6) is 0.163. The van der Waals surface area contributed by atoms with Crippen LogP contribution in [0, 0.1) is 5.92 Å². The van der Waals surface area contributed by atoms with Gasteiger partial charge in [-0.2, -0.15) is 0 Å². The smallest absolute Gasteiger partial charge is 0.309 e. The predicted octanol–water partition coefficient (Wildman–Crippen LogP) is 4.39. The Balaban J connectivity index is 1.95. The first-order chi connectivity index (χ1) is 10.3. The normalized spacial score (nSPS) is 17.0. The molecule has 1 aliphatic rings. The Labute approximate surface area is 138 Å². The molecule has 0 saturated carbocycles. The summed E-state index contributed by atoms with van der Waals surface area (Å²) in [5.41, 5.74) is 0. The van der Waals surface area contributed by atoms with Gasteiger partial charge in [-0.1, -0.05) is 48.0 Å². The van der Waals surface area contributed by atoms with Crippen LogP contribution in [0.5, 0.6) is 0 Å². The van der Waals surface area contributed by atoms with Crippen LogP contribution in [0.1, 0.15) is 64.7 Å². The van der Waals surface area contributed by atoms with E-state index in [-0.39, 0.29) is 11.9 Å². The molecule has 1 rings (SSSR count). The van der Waals surface area contributed by atoms with Crippen molar-refractivity contribution >= 4 is 21.9 Å². The average Bonchev–Trinajstić information content (AvgIpc) is 2.51. The number of hydrogen-bond acceptors (Lipinski definition) is 3. The second-order valence-corrected chi connectivity index (χ2v) is 6.82. The van der Waals surface area contributed by atoms with E-state index in [2.05, 4.69) is 20.8 Å². The van der Waals surface area contributed by atoms with E-state index in [1.807, 2.05) is 6.92 Å². The SMILES string of the molecule is CCOC(=O)C1CCN(CCCCCCCCCBr)CC1. The average molecular weight is 362 g/mol. The lowest BCUT2D eigenvalue weighted by molar-refractivity contribution is -0.149. The third kappa shape index (κ3) is 8.82. The number of carbonyl (C=O) groups excluding carboxylic acids is 1. The molecular weight excluding hydrogens is 330 g/mol. The lowest BCUT2D eigenvalue weighted by Crippen LogP contribution is -2.37. The van der Waals surface area contributed by atoms with E-state index < -0.39 is 0 Å². The highest BCUT2D eigenvalue weighted by molar-refractivity contribution is 9.09. The number of alkyl halides is 1. The Morgan fingerprint density at radius 2 is 1.62 bits per heavy atom. The molecule has 0 aromatic rings. The highest BCUT2D eigenvalue weighted by Crippen LogP contribution is 2.19. The lowest BCUT2D eigenvalue weighted by Gasteiger charge is -2.30. The van der Waals surface area contributed by atoms with Crippen molar-refractivity contribution in [3.63, 3.8) is 0 Å². The van der Waals surface area contributed by atoms with Crippen molar-refractivity contribution < 1.29 is 9.53 Å². The summed E-state index contributed by atoms with van der Waals surface area (Å²) >= 11 is 3.47. The van der Waals surface area contributed by atoms with Crippen molar-refractivity contribution in [1.29, 1.82) is 0 Å². The Morgan fingerprint density at radius 3 is 2.19 bits per heavy atom. The monoisotopic (exact) mass is 361 g/mol. The Morgan fingerprint density at radius 1 is 1.05 bits per heavy atom. The quantitative estimate of drug-likeness (QED) is 0.310. The first-order valence-corrected chi connectivity index (χ1v) is 9.85. The standard InChI is InChI=1S/C17H32BrNO2/c1-2-21-17(20)16-10-14-19(15-11-16)13-9-7-5-3-4-6-8-12-18/h16H,2-15H2,1H3. The predicted molar refractivity (Wildman–Crippen MR) is 91.9 cm³/mol. The molecule has 0 N–H and O–H groups in total. The van der Waals surface area contributed by atoms with Crippen LogP contribution in [0.25, 0.3) is 0 Å². The lowest BCUT2D eigenvalue weighted by atomic mass is 9.97. The number of likely N-dealkylation sites (tertiary alicyclic amines) is 1. The van der Waals surface area contributed by atoms with Crippen LogP contribution in [0.2, 0.25) is 0 Å². The fourth-order valence-corrected chi connectivity index (χ4v) is 3.36. The van der Waals surface area contributed by atoms with Gasteiger partial charge in [-0.15, -0.1) is 0 Å². The van der Waals surface area contributed by atoms with Gasteiger partial charge in [0.15, 0.2) is 0 Å². The minimum Gasteiger partial charge on any atom is -0.466 e. The first-order valence-electron chi connectivity index (χ1n) is 8.73. The van der Waals surface area contributed by atoms with E-state index in [0.29, 0.717) is 6.61 Å². The minimum atomic E-state index is 0.0145. The Kier molecular flexibility index (Phi) is 11.2. The van der Waals surface area contributed by atoms with Crippen LogP contribution >= 0.6 is 15.9 Å². The largest absolute Gasteiger partial charge is 0.466 e. The number of unbranched alkanes of at least 4 members (excludes halogenated alkanes) is 6. The van der Waals surface area contributed by atoms with Crippen LogP contribution in [0.15, 0.2) is 0 Å². The third-order valence-corrected chi connectivity index (χ3v) is 4.88. The molecule has 0 aromatic carbocycles. The summed E-state index contributed by atoms with van der Waals surface area (Å²) in [4.78, 5) is 14.2. The third-order valence-electron chi connectivity index (χ3n) is 4.32. The molecule has 0 aliphatic carbocycles. The number of nitrogens with zero attached hydrogens (tertiary/aromatic N) is 1. The molecule has 1 aliphatic heterocycles. The van der Waals surface area contributed by atoms with E-state index in [4.69, 9.17) is 4.74 Å². The maximum absolute atomic E-state index is 11.7. The zero-order chi connectivity index (χ0) is 15.3. The molecule has 1 fully saturated rings. The van der Waals surface area contributed by atoms with Crippen molar-refractivity contribution in [2.75, 3.05) is 31.6 Å². The first kappa shape index (κ1) is 19.0. The second-order valence-electron chi connectivity index (χ2n) is 6.03. The highest BCUT2D eigenvalue weighted by Gasteiger charge is 2.25. The summed E-state index contributed by atoms with van der Waals surface area (Å²) in [6, 6.07) is 0. The van der Waals surface area contributed by atoms with Gasteiger partial charge in [-0.3, -0.25) is 4.79 Å². The molecule has 1 saturated heterocycles. The second kappa shape index (κ2) is 12.5. The summed E-state index contributed by atoms with van der Waals surface area (Å²) in [6.07, 6.45) is 11.4. The van der Waals surface area contributed by atoms with Crippen LogP contribution in [-0.4, -0.2) is 42.4 Å². The molecule has 1 heterocycles. The van der Waals surface area contributed by atoms with E-state index >= 15 is 0 Å². The summed E-state index contributed by atoms with van der Waals surface area (Å²) < 4.78 is 5.11. The van der Waals surface area contributed by atoms with Crippen LogP contribution in [0.3, 0.4) is 0 Å². The van der Waals surface area contributed by atoms with Gasteiger partial charge in [0.2, 0.25) is 0 Å². The number of piperidine rings is 1. The van der Waals surface area contributed by atoms with Gasteiger partial charge in [0.25, 0.3) is 0 Å². The Hall–Kier alpha value is -0.0900. The molecule has 124 valence electrons. The zero-order valence-electron chi connectivity index (χ0n) is 13.6. The minimum absolute atomic E-state index is 0.0145. The molecule has 0 unspecified atom stereocenters. The molecule has 0 bridgehead atoms. The van der Waals surface area contributed by atoms with Gasteiger partial charge in [-0.05, 0) is 52.2 Å². The molecule has 21 heavy (non-hydrogen) atoms. The number of rotatable bonds is 11. The topological polar surface area (TPSA) is 29.5 Å². The van der Waals surface area contributed by atoms with Crippen molar-refractivity contribution in [2.45, 2.75) is 64.7 Å². The van der Waals surface area contributed by atoms with E-state index in [1.54, 1.807) is 0 Å². The van der Waals surface area contributed by atoms with Gasteiger partial charge >= 0.3 is 5.97 Å².